The number of hydrogen-bond acceptors (Lipinski definition) is 3. The molecular formula is C17H28N2O. The molecule has 1 heterocycles. The third-order valence-corrected chi connectivity index (χ3v) is 4.15. The zero-order valence-electron chi connectivity index (χ0n) is 13.1. The van der Waals surface area contributed by atoms with Crippen molar-refractivity contribution in [3.05, 3.63) is 29.8 Å². The Hall–Kier alpha value is -1.06. The molecule has 3 nitrogen and oxygen atoms in total. The fourth-order valence-electron chi connectivity index (χ4n) is 2.86. The van der Waals surface area contributed by atoms with Crippen LogP contribution in [0, 0.1) is 5.92 Å². The first-order valence-corrected chi connectivity index (χ1v) is 7.77. The quantitative estimate of drug-likeness (QED) is 0.739. The number of anilines is 1. The maximum absolute atomic E-state index is 5.27. The molecular weight excluding hydrogens is 248 g/mol. The molecule has 0 bridgehead atoms. The number of nitrogens with one attached hydrogen (secondary N) is 1. The van der Waals surface area contributed by atoms with Gasteiger partial charge < -0.3 is 15.0 Å². The average Bonchev–Trinajstić information content (AvgIpc) is 2.85. The van der Waals surface area contributed by atoms with Crippen molar-refractivity contribution in [2.75, 3.05) is 38.3 Å². The van der Waals surface area contributed by atoms with Crippen molar-refractivity contribution in [1.29, 1.82) is 0 Å². The second-order valence-corrected chi connectivity index (χ2v) is 5.98. The van der Waals surface area contributed by atoms with Crippen LogP contribution in [-0.2, 0) is 11.2 Å². The summed E-state index contributed by atoms with van der Waals surface area (Å²) in [4.78, 5) is 2.51. The molecule has 1 N–H and O–H groups in total. The Morgan fingerprint density at radius 1 is 1.30 bits per heavy atom. The lowest BCUT2D eigenvalue weighted by atomic mass is 10.1. The Labute approximate surface area is 123 Å². The van der Waals surface area contributed by atoms with Gasteiger partial charge in [-0.15, -0.1) is 0 Å². The molecule has 1 atom stereocenters. The van der Waals surface area contributed by atoms with Crippen molar-refractivity contribution in [1.82, 2.24) is 5.32 Å². The summed E-state index contributed by atoms with van der Waals surface area (Å²) in [6, 6.07) is 9.24. The Balaban J connectivity index is 1.72. The summed E-state index contributed by atoms with van der Waals surface area (Å²) in [5, 5.41) is 3.62. The molecule has 112 valence electrons. The van der Waals surface area contributed by atoms with E-state index in [1.807, 2.05) is 0 Å². The predicted octanol–water partition coefficient (Wildman–Crippen LogP) is 2.70. The summed E-state index contributed by atoms with van der Waals surface area (Å²) >= 11 is 0. The summed E-state index contributed by atoms with van der Waals surface area (Å²) < 4.78 is 5.27. The zero-order valence-corrected chi connectivity index (χ0v) is 13.1. The van der Waals surface area contributed by atoms with Crippen LogP contribution < -0.4 is 10.2 Å². The summed E-state index contributed by atoms with van der Waals surface area (Å²) in [5.41, 5.74) is 2.93. The molecule has 0 radical (unpaired) electrons. The summed E-state index contributed by atoms with van der Waals surface area (Å²) in [6.45, 7) is 8.66. The number of benzene rings is 1. The van der Waals surface area contributed by atoms with Gasteiger partial charge in [0.05, 0.1) is 6.61 Å². The number of fused-ring (bicyclic) bond motifs is 1. The van der Waals surface area contributed by atoms with Crippen molar-refractivity contribution in [2.24, 2.45) is 5.92 Å². The van der Waals surface area contributed by atoms with E-state index in [1.165, 1.54) is 30.6 Å². The van der Waals surface area contributed by atoms with Gasteiger partial charge in [-0.05, 0) is 36.9 Å². The Morgan fingerprint density at radius 2 is 2.10 bits per heavy atom. The van der Waals surface area contributed by atoms with Crippen LogP contribution in [0.5, 0.6) is 0 Å². The van der Waals surface area contributed by atoms with Gasteiger partial charge in [-0.25, -0.2) is 0 Å². The Kier molecular flexibility index (Phi) is 5.86. The van der Waals surface area contributed by atoms with Gasteiger partial charge >= 0.3 is 0 Å². The third-order valence-electron chi connectivity index (χ3n) is 4.15. The Morgan fingerprint density at radius 3 is 2.85 bits per heavy atom. The van der Waals surface area contributed by atoms with Crippen molar-refractivity contribution >= 4 is 5.69 Å². The highest BCUT2D eigenvalue weighted by Crippen LogP contribution is 2.27. The van der Waals surface area contributed by atoms with E-state index >= 15 is 0 Å². The largest absolute Gasteiger partial charge is 0.383 e. The molecule has 1 aromatic carbocycles. The molecule has 0 saturated heterocycles. The maximum atomic E-state index is 5.27. The van der Waals surface area contributed by atoms with E-state index in [4.69, 9.17) is 4.74 Å². The highest BCUT2D eigenvalue weighted by molar-refractivity contribution is 5.57. The van der Waals surface area contributed by atoms with Crippen molar-refractivity contribution in [3.63, 3.8) is 0 Å². The fraction of sp³-hybridized carbons (Fsp3) is 0.647. The molecule has 3 heteroatoms. The molecule has 0 fully saturated rings. The Bertz CT molecular complexity index is 406. The minimum atomic E-state index is 0.464. The summed E-state index contributed by atoms with van der Waals surface area (Å²) in [5.74, 6) is 0.613. The van der Waals surface area contributed by atoms with Crippen molar-refractivity contribution < 1.29 is 4.74 Å². The molecule has 0 saturated carbocycles. The first-order chi connectivity index (χ1) is 9.72. The molecule has 0 aliphatic carbocycles. The van der Waals surface area contributed by atoms with Crippen molar-refractivity contribution in [3.8, 4) is 0 Å². The van der Waals surface area contributed by atoms with E-state index in [0.29, 0.717) is 12.0 Å². The van der Waals surface area contributed by atoms with Crippen LogP contribution in [0.4, 0.5) is 5.69 Å². The number of nitrogens with zero attached hydrogens (tertiary/aromatic N) is 1. The van der Waals surface area contributed by atoms with E-state index in [0.717, 1.165) is 19.7 Å². The van der Waals surface area contributed by atoms with Gasteiger partial charge in [0.2, 0.25) is 0 Å². The molecule has 1 aliphatic heterocycles. The standard InChI is InChI=1S/C17H28N2O/c1-14(2)16(13-20-3)18-10-6-11-19-12-9-15-7-4-5-8-17(15)19/h4-5,7-8,14,16,18H,6,9-13H2,1-3H3. The normalized spacial score (nSPS) is 15.7. The zero-order chi connectivity index (χ0) is 14.4. The molecule has 0 amide bonds. The predicted molar refractivity (Wildman–Crippen MR) is 85.5 cm³/mol. The van der Waals surface area contributed by atoms with Gasteiger partial charge in [0.25, 0.3) is 0 Å². The summed E-state index contributed by atoms with van der Waals surface area (Å²) in [7, 11) is 1.78. The topological polar surface area (TPSA) is 24.5 Å². The van der Waals surface area contributed by atoms with Gasteiger partial charge in [0.1, 0.15) is 0 Å². The summed E-state index contributed by atoms with van der Waals surface area (Å²) in [6.07, 6.45) is 2.38. The molecule has 2 rings (SSSR count). The number of para-hydroxylation sites is 1. The van der Waals surface area contributed by atoms with E-state index in [-0.39, 0.29) is 0 Å². The highest BCUT2D eigenvalue weighted by atomic mass is 16.5. The lowest BCUT2D eigenvalue weighted by molar-refractivity contribution is 0.147. The van der Waals surface area contributed by atoms with E-state index in [9.17, 15) is 0 Å². The number of ether oxygens (including phenoxy) is 1. The van der Waals surface area contributed by atoms with Crippen LogP contribution in [0.2, 0.25) is 0 Å². The second kappa shape index (κ2) is 7.65. The van der Waals surface area contributed by atoms with Gasteiger partial charge in [-0.3, -0.25) is 0 Å². The lowest BCUT2D eigenvalue weighted by Gasteiger charge is -2.23. The van der Waals surface area contributed by atoms with E-state index in [1.54, 1.807) is 7.11 Å². The lowest BCUT2D eigenvalue weighted by Crippen LogP contribution is -2.39. The van der Waals surface area contributed by atoms with Crippen LogP contribution >= 0.6 is 0 Å². The minimum absolute atomic E-state index is 0.464. The fourth-order valence-corrected chi connectivity index (χ4v) is 2.86. The minimum Gasteiger partial charge on any atom is -0.383 e. The monoisotopic (exact) mass is 276 g/mol. The first-order valence-electron chi connectivity index (χ1n) is 7.77. The van der Waals surface area contributed by atoms with Gasteiger partial charge in [-0.2, -0.15) is 0 Å². The molecule has 1 aromatic rings. The molecule has 0 aromatic heterocycles. The van der Waals surface area contributed by atoms with Gasteiger partial charge in [0, 0.05) is 31.9 Å². The number of rotatable bonds is 8. The van der Waals surface area contributed by atoms with E-state index in [2.05, 4.69) is 48.3 Å². The maximum Gasteiger partial charge on any atom is 0.0618 e. The number of hydrogen-bond donors (Lipinski definition) is 1. The van der Waals surface area contributed by atoms with Crippen LogP contribution in [0.25, 0.3) is 0 Å². The molecule has 1 unspecified atom stereocenters. The van der Waals surface area contributed by atoms with Gasteiger partial charge in [0.15, 0.2) is 0 Å². The molecule has 20 heavy (non-hydrogen) atoms. The second-order valence-electron chi connectivity index (χ2n) is 5.98. The average molecular weight is 276 g/mol. The SMILES string of the molecule is COCC(NCCCN1CCc2ccccc21)C(C)C. The molecule has 0 spiro atoms. The first kappa shape index (κ1) is 15.3. The highest BCUT2D eigenvalue weighted by Gasteiger charge is 2.17. The van der Waals surface area contributed by atoms with Crippen LogP contribution in [0.1, 0.15) is 25.8 Å². The van der Waals surface area contributed by atoms with E-state index < -0.39 is 0 Å². The van der Waals surface area contributed by atoms with Crippen LogP contribution in [0.3, 0.4) is 0 Å². The van der Waals surface area contributed by atoms with Crippen LogP contribution in [0.15, 0.2) is 24.3 Å². The number of methoxy groups -OCH3 is 1. The van der Waals surface area contributed by atoms with Crippen LogP contribution in [-0.4, -0.2) is 39.4 Å². The van der Waals surface area contributed by atoms with Crippen molar-refractivity contribution in [2.45, 2.75) is 32.7 Å². The third kappa shape index (κ3) is 3.97. The van der Waals surface area contributed by atoms with Gasteiger partial charge in [-0.1, -0.05) is 32.0 Å². The smallest absolute Gasteiger partial charge is 0.0618 e. The molecule has 1 aliphatic rings.